The first kappa shape index (κ1) is 11.4. The van der Waals surface area contributed by atoms with Crippen molar-refractivity contribution in [3.05, 3.63) is 48.0 Å². The molecule has 0 amide bonds. The highest BCUT2D eigenvalue weighted by molar-refractivity contribution is 5.14. The van der Waals surface area contributed by atoms with Crippen LogP contribution in [0.4, 0.5) is 0 Å². The zero-order chi connectivity index (χ0) is 12.2. The molecule has 1 aromatic carbocycles. The molecule has 1 atom stereocenters. The third-order valence-corrected chi connectivity index (χ3v) is 3.50. The number of aryl methyl sites for hydroxylation is 2. The Balaban J connectivity index is 1.68. The molecule has 1 aromatic heterocycles. The van der Waals surface area contributed by atoms with E-state index in [1.807, 2.05) is 6.33 Å². The minimum Gasteiger partial charge on any atom is -0.316 e. The summed E-state index contributed by atoms with van der Waals surface area (Å²) in [5.41, 5.74) is 1.36. The Morgan fingerprint density at radius 2 is 2.17 bits per heavy atom. The number of nitrogens with one attached hydrogen (secondary N) is 1. The number of rotatable bonds is 4. The smallest absolute Gasteiger partial charge is 0.149 e. The third kappa shape index (κ3) is 2.43. The van der Waals surface area contributed by atoms with Gasteiger partial charge in [-0.3, -0.25) is 0 Å². The molecule has 1 N–H and O–H groups in total. The van der Waals surface area contributed by atoms with Gasteiger partial charge < -0.3 is 9.88 Å². The number of nitrogens with zero attached hydrogens (tertiary/aromatic N) is 3. The molecule has 18 heavy (non-hydrogen) atoms. The van der Waals surface area contributed by atoms with Gasteiger partial charge in [-0.25, -0.2) is 0 Å². The monoisotopic (exact) mass is 242 g/mol. The Bertz CT molecular complexity index is 486. The van der Waals surface area contributed by atoms with Crippen LogP contribution in [0.25, 0.3) is 0 Å². The zero-order valence-electron chi connectivity index (χ0n) is 10.4. The average Bonchev–Trinajstić information content (AvgIpc) is 3.08. The van der Waals surface area contributed by atoms with Gasteiger partial charge in [0.15, 0.2) is 0 Å². The minimum atomic E-state index is 0.392. The van der Waals surface area contributed by atoms with E-state index in [0.29, 0.717) is 6.04 Å². The van der Waals surface area contributed by atoms with Crippen molar-refractivity contribution in [2.45, 2.75) is 31.8 Å². The first-order valence-corrected chi connectivity index (χ1v) is 6.58. The van der Waals surface area contributed by atoms with Crippen molar-refractivity contribution in [2.24, 2.45) is 0 Å². The summed E-state index contributed by atoms with van der Waals surface area (Å²) < 4.78 is 2.18. The standard InChI is InChI=1S/C14H18N4/c1-2-5-12(6-3-1)8-10-18-11-16-17-14(18)13-7-4-9-15-13/h1-3,5-6,11,13,15H,4,7-10H2. The fraction of sp³-hybridized carbons (Fsp3) is 0.429. The number of aromatic nitrogens is 3. The van der Waals surface area contributed by atoms with Crippen LogP contribution in [0.15, 0.2) is 36.7 Å². The van der Waals surface area contributed by atoms with Gasteiger partial charge in [-0.2, -0.15) is 0 Å². The SMILES string of the molecule is c1ccc(CCn2cnnc2C2CCCN2)cc1. The molecule has 1 fully saturated rings. The molecular formula is C14H18N4. The van der Waals surface area contributed by atoms with Gasteiger partial charge >= 0.3 is 0 Å². The quantitative estimate of drug-likeness (QED) is 0.891. The second kappa shape index (κ2) is 5.31. The van der Waals surface area contributed by atoms with Crippen LogP contribution in [-0.2, 0) is 13.0 Å². The van der Waals surface area contributed by atoms with Crippen LogP contribution in [0, 0.1) is 0 Å². The molecule has 0 aliphatic carbocycles. The summed E-state index contributed by atoms with van der Waals surface area (Å²) in [6.45, 7) is 2.04. The average molecular weight is 242 g/mol. The fourth-order valence-corrected chi connectivity index (χ4v) is 2.51. The topological polar surface area (TPSA) is 42.7 Å². The van der Waals surface area contributed by atoms with Gasteiger partial charge in [0.2, 0.25) is 0 Å². The van der Waals surface area contributed by atoms with Gasteiger partial charge in [0.25, 0.3) is 0 Å². The summed E-state index contributed by atoms with van der Waals surface area (Å²) in [4.78, 5) is 0. The van der Waals surface area contributed by atoms with Crippen molar-refractivity contribution in [1.82, 2.24) is 20.1 Å². The van der Waals surface area contributed by atoms with Crippen LogP contribution in [0.5, 0.6) is 0 Å². The molecule has 0 bridgehead atoms. The highest BCUT2D eigenvalue weighted by Crippen LogP contribution is 2.20. The summed E-state index contributed by atoms with van der Waals surface area (Å²) in [7, 11) is 0. The molecule has 0 radical (unpaired) electrons. The molecule has 94 valence electrons. The second-order valence-corrected chi connectivity index (χ2v) is 4.77. The molecule has 1 aliphatic heterocycles. The molecule has 2 aromatic rings. The van der Waals surface area contributed by atoms with E-state index in [0.717, 1.165) is 25.3 Å². The first-order valence-electron chi connectivity index (χ1n) is 6.58. The van der Waals surface area contributed by atoms with Crippen molar-refractivity contribution in [1.29, 1.82) is 0 Å². The van der Waals surface area contributed by atoms with Gasteiger partial charge in [0.1, 0.15) is 12.2 Å². The van der Waals surface area contributed by atoms with Crippen LogP contribution >= 0.6 is 0 Å². The lowest BCUT2D eigenvalue weighted by Crippen LogP contribution is -2.18. The lowest BCUT2D eigenvalue weighted by molar-refractivity contribution is 0.545. The van der Waals surface area contributed by atoms with Gasteiger partial charge in [-0.05, 0) is 31.4 Å². The molecule has 0 spiro atoms. The largest absolute Gasteiger partial charge is 0.316 e. The van der Waals surface area contributed by atoms with E-state index >= 15 is 0 Å². The van der Waals surface area contributed by atoms with E-state index < -0.39 is 0 Å². The third-order valence-electron chi connectivity index (χ3n) is 3.50. The Labute approximate surface area is 107 Å². The lowest BCUT2D eigenvalue weighted by atomic mass is 10.1. The number of benzene rings is 1. The molecule has 0 saturated carbocycles. The molecule has 4 nitrogen and oxygen atoms in total. The molecule has 2 heterocycles. The normalized spacial score (nSPS) is 19.2. The molecule has 1 aliphatic rings. The fourth-order valence-electron chi connectivity index (χ4n) is 2.51. The molecule has 1 unspecified atom stereocenters. The van der Waals surface area contributed by atoms with Crippen LogP contribution < -0.4 is 5.32 Å². The predicted molar refractivity (Wildman–Crippen MR) is 70.1 cm³/mol. The number of hydrogen-bond acceptors (Lipinski definition) is 3. The van der Waals surface area contributed by atoms with E-state index in [2.05, 4.69) is 50.4 Å². The zero-order valence-corrected chi connectivity index (χ0v) is 10.4. The minimum absolute atomic E-state index is 0.392. The lowest BCUT2D eigenvalue weighted by Gasteiger charge is -2.11. The summed E-state index contributed by atoms with van der Waals surface area (Å²) in [5.74, 6) is 1.09. The van der Waals surface area contributed by atoms with Crippen LogP contribution in [0.2, 0.25) is 0 Å². The molecule has 4 heteroatoms. The van der Waals surface area contributed by atoms with E-state index in [9.17, 15) is 0 Å². The van der Waals surface area contributed by atoms with Crippen LogP contribution in [0.3, 0.4) is 0 Å². The van der Waals surface area contributed by atoms with E-state index in [-0.39, 0.29) is 0 Å². The summed E-state index contributed by atoms with van der Waals surface area (Å²) in [5, 5.41) is 11.8. The Morgan fingerprint density at radius 3 is 2.94 bits per heavy atom. The molecule has 3 rings (SSSR count). The van der Waals surface area contributed by atoms with Crippen molar-refractivity contribution in [3.8, 4) is 0 Å². The van der Waals surface area contributed by atoms with Gasteiger partial charge in [-0.15, -0.1) is 10.2 Å². The summed E-state index contributed by atoms with van der Waals surface area (Å²) >= 11 is 0. The maximum atomic E-state index is 4.26. The molecular weight excluding hydrogens is 224 g/mol. The van der Waals surface area contributed by atoms with Crippen molar-refractivity contribution >= 4 is 0 Å². The highest BCUT2D eigenvalue weighted by atomic mass is 15.3. The maximum absolute atomic E-state index is 4.26. The first-order chi connectivity index (χ1) is 8.93. The van der Waals surface area contributed by atoms with Gasteiger partial charge in [0, 0.05) is 6.54 Å². The predicted octanol–water partition coefficient (Wildman–Crippen LogP) is 1.95. The van der Waals surface area contributed by atoms with Crippen molar-refractivity contribution in [3.63, 3.8) is 0 Å². The maximum Gasteiger partial charge on any atom is 0.149 e. The molecule has 1 saturated heterocycles. The highest BCUT2D eigenvalue weighted by Gasteiger charge is 2.21. The van der Waals surface area contributed by atoms with Gasteiger partial charge in [0.05, 0.1) is 6.04 Å². The van der Waals surface area contributed by atoms with Crippen LogP contribution in [0.1, 0.15) is 30.3 Å². The van der Waals surface area contributed by atoms with E-state index in [4.69, 9.17) is 0 Å². The Hall–Kier alpha value is -1.68. The van der Waals surface area contributed by atoms with E-state index in [1.54, 1.807) is 0 Å². The Kier molecular flexibility index (Phi) is 3.37. The van der Waals surface area contributed by atoms with Gasteiger partial charge in [-0.1, -0.05) is 30.3 Å². The summed E-state index contributed by atoms with van der Waals surface area (Å²) in [6.07, 6.45) is 5.27. The van der Waals surface area contributed by atoms with E-state index in [1.165, 1.54) is 18.4 Å². The summed E-state index contributed by atoms with van der Waals surface area (Å²) in [6, 6.07) is 10.9. The van der Waals surface area contributed by atoms with Crippen molar-refractivity contribution in [2.75, 3.05) is 6.54 Å². The van der Waals surface area contributed by atoms with Crippen LogP contribution in [-0.4, -0.2) is 21.3 Å². The second-order valence-electron chi connectivity index (χ2n) is 4.77. The van der Waals surface area contributed by atoms with Crippen molar-refractivity contribution < 1.29 is 0 Å². The Morgan fingerprint density at radius 1 is 1.28 bits per heavy atom. The number of hydrogen-bond donors (Lipinski definition) is 1.